The first kappa shape index (κ1) is 17.1. The molecule has 0 aliphatic carbocycles. The van der Waals surface area contributed by atoms with Gasteiger partial charge < -0.3 is 5.32 Å². The fourth-order valence-electron chi connectivity index (χ4n) is 2.29. The molecular weight excluding hydrogens is 330 g/mol. The maximum atomic E-state index is 12.1. The summed E-state index contributed by atoms with van der Waals surface area (Å²) in [6.07, 6.45) is 3.79. The minimum atomic E-state index is -0.393. The van der Waals surface area contributed by atoms with Gasteiger partial charge in [-0.3, -0.25) is 10.00 Å². The number of urea groups is 1. The van der Waals surface area contributed by atoms with E-state index in [0.29, 0.717) is 30.3 Å². The SMILES string of the molecule is Cc1ccnc(-c2ccc(NC(=O)Nc3ccn(CCC#N)n3)cc2)n1. The van der Waals surface area contributed by atoms with Crippen LogP contribution in [0.25, 0.3) is 11.4 Å². The minimum Gasteiger partial charge on any atom is -0.308 e. The van der Waals surface area contributed by atoms with Crippen molar-refractivity contribution < 1.29 is 4.79 Å². The Morgan fingerprint density at radius 2 is 2.00 bits per heavy atom. The first-order chi connectivity index (χ1) is 12.6. The van der Waals surface area contributed by atoms with Crippen LogP contribution in [0.2, 0.25) is 0 Å². The highest BCUT2D eigenvalue weighted by atomic mass is 16.2. The van der Waals surface area contributed by atoms with Crippen LogP contribution >= 0.6 is 0 Å². The zero-order valence-electron chi connectivity index (χ0n) is 14.2. The van der Waals surface area contributed by atoms with Crippen LogP contribution in [-0.4, -0.2) is 25.8 Å². The van der Waals surface area contributed by atoms with Crippen LogP contribution in [0.4, 0.5) is 16.3 Å². The summed E-state index contributed by atoms with van der Waals surface area (Å²) in [7, 11) is 0. The van der Waals surface area contributed by atoms with Crippen molar-refractivity contribution >= 4 is 17.5 Å². The Morgan fingerprint density at radius 3 is 2.73 bits per heavy atom. The van der Waals surface area contributed by atoms with E-state index in [-0.39, 0.29) is 0 Å². The average molecular weight is 347 g/mol. The number of nitrogens with one attached hydrogen (secondary N) is 2. The molecule has 8 heteroatoms. The molecule has 2 amide bonds. The molecule has 2 heterocycles. The van der Waals surface area contributed by atoms with E-state index in [9.17, 15) is 4.79 Å². The molecule has 2 aromatic heterocycles. The number of carbonyl (C=O) groups excluding carboxylic acids is 1. The molecule has 0 fully saturated rings. The van der Waals surface area contributed by atoms with Gasteiger partial charge in [-0.05, 0) is 37.3 Å². The van der Waals surface area contributed by atoms with Crippen molar-refractivity contribution in [3.05, 3.63) is 54.5 Å². The second-order valence-corrected chi connectivity index (χ2v) is 5.55. The number of nitriles is 1. The summed E-state index contributed by atoms with van der Waals surface area (Å²) in [6, 6.07) is 12.4. The van der Waals surface area contributed by atoms with E-state index < -0.39 is 6.03 Å². The Labute approximate surface area is 150 Å². The molecule has 0 radical (unpaired) electrons. The monoisotopic (exact) mass is 347 g/mol. The lowest BCUT2D eigenvalue weighted by Crippen LogP contribution is -2.19. The van der Waals surface area contributed by atoms with Crippen LogP contribution < -0.4 is 10.6 Å². The second-order valence-electron chi connectivity index (χ2n) is 5.55. The van der Waals surface area contributed by atoms with Crippen LogP contribution in [0.15, 0.2) is 48.8 Å². The summed E-state index contributed by atoms with van der Waals surface area (Å²) in [5.74, 6) is 1.06. The number of nitrogens with zero attached hydrogens (tertiary/aromatic N) is 5. The summed E-state index contributed by atoms with van der Waals surface area (Å²) < 4.78 is 1.61. The first-order valence-electron chi connectivity index (χ1n) is 8.02. The van der Waals surface area contributed by atoms with Crippen molar-refractivity contribution in [1.29, 1.82) is 5.26 Å². The highest BCUT2D eigenvalue weighted by Crippen LogP contribution is 2.18. The Morgan fingerprint density at radius 1 is 1.19 bits per heavy atom. The number of rotatable bonds is 5. The zero-order chi connectivity index (χ0) is 18.4. The second kappa shape index (κ2) is 7.90. The van der Waals surface area contributed by atoms with Gasteiger partial charge in [-0.2, -0.15) is 10.4 Å². The molecule has 0 unspecified atom stereocenters. The van der Waals surface area contributed by atoms with Gasteiger partial charge >= 0.3 is 6.03 Å². The van der Waals surface area contributed by atoms with E-state index in [2.05, 4.69) is 25.7 Å². The van der Waals surface area contributed by atoms with Gasteiger partial charge in [-0.25, -0.2) is 14.8 Å². The summed E-state index contributed by atoms with van der Waals surface area (Å²) in [5, 5.41) is 18.1. The third-order valence-corrected chi connectivity index (χ3v) is 3.53. The number of aryl methyl sites for hydroxylation is 2. The van der Waals surface area contributed by atoms with Crippen molar-refractivity contribution in [1.82, 2.24) is 19.7 Å². The van der Waals surface area contributed by atoms with Crippen molar-refractivity contribution in [3.8, 4) is 17.5 Å². The lowest BCUT2D eigenvalue weighted by atomic mass is 10.2. The molecule has 0 saturated heterocycles. The molecular formula is C18H17N7O. The van der Waals surface area contributed by atoms with E-state index in [4.69, 9.17) is 5.26 Å². The number of aromatic nitrogens is 4. The van der Waals surface area contributed by atoms with Crippen LogP contribution in [-0.2, 0) is 6.54 Å². The molecule has 3 aromatic rings. The molecule has 8 nitrogen and oxygen atoms in total. The average Bonchev–Trinajstić information content (AvgIpc) is 3.07. The largest absolute Gasteiger partial charge is 0.324 e. The fourth-order valence-corrected chi connectivity index (χ4v) is 2.29. The number of carbonyl (C=O) groups is 1. The Balaban J connectivity index is 1.59. The highest BCUT2D eigenvalue weighted by Gasteiger charge is 2.06. The molecule has 26 heavy (non-hydrogen) atoms. The zero-order valence-corrected chi connectivity index (χ0v) is 14.2. The lowest BCUT2D eigenvalue weighted by Gasteiger charge is -2.07. The van der Waals surface area contributed by atoms with Crippen molar-refractivity contribution in [3.63, 3.8) is 0 Å². The van der Waals surface area contributed by atoms with Crippen LogP contribution in [0, 0.1) is 18.3 Å². The Bertz CT molecular complexity index is 941. The molecule has 0 atom stereocenters. The van der Waals surface area contributed by atoms with Crippen molar-refractivity contribution in [2.24, 2.45) is 0 Å². The third kappa shape index (κ3) is 4.42. The Kier molecular flexibility index (Phi) is 5.19. The molecule has 0 spiro atoms. The van der Waals surface area contributed by atoms with E-state index in [1.807, 2.05) is 31.2 Å². The predicted molar refractivity (Wildman–Crippen MR) is 97.3 cm³/mol. The van der Waals surface area contributed by atoms with E-state index >= 15 is 0 Å². The molecule has 0 bridgehead atoms. The predicted octanol–water partition coefficient (Wildman–Crippen LogP) is 3.21. The number of benzene rings is 1. The number of hydrogen-bond acceptors (Lipinski definition) is 5. The molecule has 3 rings (SSSR count). The minimum absolute atomic E-state index is 0.365. The van der Waals surface area contributed by atoms with Gasteiger partial charge in [0.1, 0.15) is 0 Å². The van der Waals surface area contributed by atoms with Crippen molar-refractivity contribution in [2.75, 3.05) is 10.6 Å². The van der Waals surface area contributed by atoms with Gasteiger partial charge in [-0.15, -0.1) is 0 Å². The third-order valence-electron chi connectivity index (χ3n) is 3.53. The lowest BCUT2D eigenvalue weighted by molar-refractivity contribution is 0.262. The number of hydrogen-bond donors (Lipinski definition) is 2. The van der Waals surface area contributed by atoms with Gasteiger partial charge in [0, 0.05) is 35.4 Å². The van der Waals surface area contributed by atoms with Gasteiger partial charge in [-0.1, -0.05) is 0 Å². The molecule has 0 saturated carbocycles. The normalized spacial score (nSPS) is 10.2. The number of amides is 2. The Hall–Kier alpha value is -3.73. The van der Waals surface area contributed by atoms with Gasteiger partial charge in [0.05, 0.1) is 19.0 Å². The summed E-state index contributed by atoms with van der Waals surface area (Å²) in [4.78, 5) is 20.7. The molecule has 2 N–H and O–H groups in total. The number of anilines is 2. The highest BCUT2D eigenvalue weighted by molar-refractivity contribution is 5.99. The van der Waals surface area contributed by atoms with E-state index in [0.717, 1.165) is 11.3 Å². The first-order valence-corrected chi connectivity index (χ1v) is 8.02. The quantitative estimate of drug-likeness (QED) is 0.736. The summed E-state index contributed by atoms with van der Waals surface area (Å²) in [5.41, 5.74) is 2.41. The topological polar surface area (TPSA) is 109 Å². The van der Waals surface area contributed by atoms with Gasteiger partial charge in [0.25, 0.3) is 0 Å². The standard InChI is InChI=1S/C18H17N7O/c1-13-7-10-20-17(21-13)14-3-5-15(6-4-14)22-18(26)23-16-8-12-25(24-16)11-2-9-19/h3-8,10,12H,2,11H2,1H3,(H2,22,23,24,26). The van der Waals surface area contributed by atoms with Crippen LogP contribution in [0.5, 0.6) is 0 Å². The van der Waals surface area contributed by atoms with Crippen LogP contribution in [0.1, 0.15) is 12.1 Å². The maximum Gasteiger partial charge on any atom is 0.324 e. The fraction of sp³-hybridized carbons (Fsp3) is 0.167. The smallest absolute Gasteiger partial charge is 0.308 e. The van der Waals surface area contributed by atoms with Gasteiger partial charge in [0.15, 0.2) is 11.6 Å². The van der Waals surface area contributed by atoms with Gasteiger partial charge in [0.2, 0.25) is 0 Å². The molecule has 0 aliphatic heterocycles. The summed E-state index contributed by atoms with van der Waals surface area (Å²) >= 11 is 0. The van der Waals surface area contributed by atoms with E-state index in [1.54, 1.807) is 35.3 Å². The van der Waals surface area contributed by atoms with Crippen molar-refractivity contribution in [2.45, 2.75) is 19.9 Å². The molecule has 130 valence electrons. The van der Waals surface area contributed by atoms with E-state index in [1.165, 1.54) is 0 Å². The molecule has 0 aliphatic rings. The maximum absolute atomic E-state index is 12.1. The molecule has 1 aromatic carbocycles. The van der Waals surface area contributed by atoms with Crippen LogP contribution in [0.3, 0.4) is 0 Å². The summed E-state index contributed by atoms with van der Waals surface area (Å²) in [6.45, 7) is 2.40.